The Morgan fingerprint density at radius 2 is 1.57 bits per heavy atom. The van der Waals surface area contributed by atoms with E-state index in [4.69, 9.17) is 14.0 Å². The highest BCUT2D eigenvalue weighted by Crippen LogP contribution is 2.35. The van der Waals surface area contributed by atoms with Crippen LogP contribution in [0.4, 0.5) is 0 Å². The first-order valence-corrected chi connectivity index (χ1v) is 6.82. The Morgan fingerprint density at radius 1 is 0.762 bits per heavy atom. The molecule has 21 heavy (non-hydrogen) atoms. The van der Waals surface area contributed by atoms with Gasteiger partial charge in [-0.05, 0) is 18.2 Å². The van der Waals surface area contributed by atoms with Crippen LogP contribution in [-0.2, 0) is 0 Å². The standard InChI is InChI=1S/C17H13NO3/c1-2-4-12(5-3-1)16-11-14(18-21-16)13-6-7-15-17(10-13)20-9-8-19-15/h1-7,10-11H,8-9H2. The molecule has 0 fully saturated rings. The Morgan fingerprint density at radius 3 is 2.43 bits per heavy atom. The van der Waals surface area contributed by atoms with Crippen LogP contribution in [0.1, 0.15) is 0 Å². The van der Waals surface area contributed by atoms with Crippen molar-refractivity contribution >= 4 is 0 Å². The van der Waals surface area contributed by atoms with Crippen molar-refractivity contribution in [1.29, 1.82) is 0 Å². The molecular formula is C17H13NO3. The van der Waals surface area contributed by atoms with Crippen LogP contribution in [0.15, 0.2) is 59.1 Å². The quantitative estimate of drug-likeness (QED) is 0.716. The minimum Gasteiger partial charge on any atom is -0.486 e. The van der Waals surface area contributed by atoms with Gasteiger partial charge in [-0.3, -0.25) is 0 Å². The van der Waals surface area contributed by atoms with Crippen molar-refractivity contribution in [3.05, 3.63) is 54.6 Å². The van der Waals surface area contributed by atoms with Crippen LogP contribution in [0, 0.1) is 0 Å². The van der Waals surface area contributed by atoms with E-state index in [0.717, 1.165) is 34.1 Å². The third kappa shape index (κ3) is 2.25. The van der Waals surface area contributed by atoms with Crippen LogP contribution >= 0.6 is 0 Å². The second-order valence-electron chi connectivity index (χ2n) is 4.80. The number of hydrogen-bond acceptors (Lipinski definition) is 4. The molecule has 0 saturated heterocycles. The van der Waals surface area contributed by atoms with Crippen molar-refractivity contribution in [1.82, 2.24) is 5.16 Å². The van der Waals surface area contributed by atoms with Crippen molar-refractivity contribution < 1.29 is 14.0 Å². The van der Waals surface area contributed by atoms with Crippen molar-refractivity contribution in [2.75, 3.05) is 13.2 Å². The van der Waals surface area contributed by atoms with E-state index in [9.17, 15) is 0 Å². The average Bonchev–Trinajstić information content (AvgIpc) is 3.05. The average molecular weight is 279 g/mol. The molecule has 0 unspecified atom stereocenters. The number of fused-ring (bicyclic) bond motifs is 1. The largest absolute Gasteiger partial charge is 0.486 e. The van der Waals surface area contributed by atoms with Crippen LogP contribution in [0.25, 0.3) is 22.6 Å². The van der Waals surface area contributed by atoms with Gasteiger partial charge in [-0.15, -0.1) is 0 Å². The van der Waals surface area contributed by atoms with Gasteiger partial charge >= 0.3 is 0 Å². The van der Waals surface area contributed by atoms with Gasteiger partial charge in [0.15, 0.2) is 17.3 Å². The zero-order valence-corrected chi connectivity index (χ0v) is 11.3. The summed E-state index contributed by atoms with van der Waals surface area (Å²) in [6.07, 6.45) is 0. The second-order valence-corrected chi connectivity index (χ2v) is 4.80. The van der Waals surface area contributed by atoms with E-state index in [0.29, 0.717) is 13.2 Å². The van der Waals surface area contributed by atoms with Gasteiger partial charge < -0.3 is 14.0 Å². The first-order valence-electron chi connectivity index (χ1n) is 6.82. The molecule has 0 aliphatic carbocycles. The van der Waals surface area contributed by atoms with E-state index in [1.54, 1.807) is 0 Å². The smallest absolute Gasteiger partial charge is 0.167 e. The van der Waals surface area contributed by atoms with E-state index in [-0.39, 0.29) is 0 Å². The number of hydrogen-bond donors (Lipinski definition) is 0. The number of ether oxygens (including phenoxy) is 2. The lowest BCUT2D eigenvalue weighted by Gasteiger charge is -2.18. The van der Waals surface area contributed by atoms with Gasteiger partial charge in [0.05, 0.1) is 0 Å². The van der Waals surface area contributed by atoms with Gasteiger partial charge in [0, 0.05) is 17.2 Å². The third-order valence-corrected chi connectivity index (χ3v) is 3.41. The molecule has 1 aliphatic rings. The molecule has 4 rings (SSSR count). The Hall–Kier alpha value is -2.75. The molecule has 104 valence electrons. The van der Waals surface area contributed by atoms with E-state index >= 15 is 0 Å². The molecule has 0 amide bonds. The molecule has 1 aromatic heterocycles. The summed E-state index contributed by atoms with van der Waals surface area (Å²) in [5.74, 6) is 2.28. The molecule has 3 aromatic rings. The zero-order valence-electron chi connectivity index (χ0n) is 11.3. The summed E-state index contributed by atoms with van der Waals surface area (Å²) in [5, 5.41) is 4.14. The summed E-state index contributed by atoms with van der Waals surface area (Å²) in [4.78, 5) is 0. The molecule has 2 heterocycles. The first-order chi connectivity index (χ1) is 10.4. The van der Waals surface area contributed by atoms with Gasteiger partial charge in [0.2, 0.25) is 0 Å². The maximum absolute atomic E-state index is 5.59. The molecule has 0 N–H and O–H groups in total. The Kier molecular flexibility index (Phi) is 2.85. The third-order valence-electron chi connectivity index (χ3n) is 3.41. The second kappa shape index (κ2) is 4.98. The van der Waals surface area contributed by atoms with Crippen LogP contribution in [0.5, 0.6) is 11.5 Å². The monoisotopic (exact) mass is 279 g/mol. The molecule has 0 spiro atoms. The number of benzene rings is 2. The van der Waals surface area contributed by atoms with Crippen molar-refractivity contribution in [2.45, 2.75) is 0 Å². The minimum absolute atomic E-state index is 0.574. The molecular weight excluding hydrogens is 266 g/mol. The summed E-state index contributed by atoms with van der Waals surface area (Å²) in [5.41, 5.74) is 2.74. The van der Waals surface area contributed by atoms with Gasteiger partial charge in [-0.1, -0.05) is 35.5 Å². The van der Waals surface area contributed by atoms with Crippen molar-refractivity contribution in [3.63, 3.8) is 0 Å². The van der Waals surface area contributed by atoms with E-state index < -0.39 is 0 Å². The molecule has 0 atom stereocenters. The first kappa shape index (κ1) is 12.0. The summed E-state index contributed by atoms with van der Waals surface area (Å²) in [7, 11) is 0. The van der Waals surface area contributed by atoms with Crippen LogP contribution in [-0.4, -0.2) is 18.4 Å². The summed E-state index contributed by atoms with van der Waals surface area (Å²) >= 11 is 0. The molecule has 4 nitrogen and oxygen atoms in total. The van der Waals surface area contributed by atoms with Crippen molar-refractivity contribution in [3.8, 4) is 34.1 Å². The molecule has 0 saturated carbocycles. The topological polar surface area (TPSA) is 44.5 Å². The van der Waals surface area contributed by atoms with Crippen molar-refractivity contribution in [2.24, 2.45) is 0 Å². The van der Waals surface area contributed by atoms with Crippen LogP contribution < -0.4 is 9.47 Å². The lowest BCUT2D eigenvalue weighted by atomic mass is 10.1. The lowest BCUT2D eigenvalue weighted by molar-refractivity contribution is 0.171. The number of aromatic nitrogens is 1. The summed E-state index contributed by atoms with van der Waals surface area (Å²) in [6.45, 7) is 1.17. The molecule has 0 radical (unpaired) electrons. The highest BCUT2D eigenvalue weighted by Gasteiger charge is 2.14. The highest BCUT2D eigenvalue weighted by atomic mass is 16.6. The predicted octanol–water partition coefficient (Wildman–Crippen LogP) is 3.78. The molecule has 2 aromatic carbocycles. The Balaban J connectivity index is 1.70. The highest BCUT2D eigenvalue weighted by molar-refractivity contribution is 5.69. The minimum atomic E-state index is 0.574. The van der Waals surface area contributed by atoms with Crippen LogP contribution in [0.2, 0.25) is 0 Å². The van der Waals surface area contributed by atoms with E-state index in [1.807, 2.05) is 54.6 Å². The number of rotatable bonds is 2. The lowest BCUT2D eigenvalue weighted by Crippen LogP contribution is -2.15. The van der Waals surface area contributed by atoms with E-state index in [2.05, 4.69) is 5.16 Å². The van der Waals surface area contributed by atoms with Gasteiger partial charge in [0.1, 0.15) is 18.9 Å². The van der Waals surface area contributed by atoms with Gasteiger partial charge in [-0.25, -0.2) is 0 Å². The molecule has 0 bridgehead atoms. The number of nitrogens with zero attached hydrogens (tertiary/aromatic N) is 1. The summed E-state index contributed by atoms with van der Waals surface area (Å²) in [6, 6.07) is 17.6. The maximum atomic E-state index is 5.59. The fourth-order valence-corrected chi connectivity index (χ4v) is 2.35. The van der Waals surface area contributed by atoms with E-state index in [1.165, 1.54) is 0 Å². The fraction of sp³-hybridized carbons (Fsp3) is 0.118. The SMILES string of the molecule is c1ccc(-c2cc(-c3ccc4c(c3)OCCO4)no2)cc1. The van der Waals surface area contributed by atoms with Gasteiger partial charge in [0.25, 0.3) is 0 Å². The Labute approximate surface area is 121 Å². The predicted molar refractivity (Wildman–Crippen MR) is 78.4 cm³/mol. The summed E-state index contributed by atoms with van der Waals surface area (Å²) < 4.78 is 16.5. The fourth-order valence-electron chi connectivity index (χ4n) is 2.35. The van der Waals surface area contributed by atoms with Crippen LogP contribution in [0.3, 0.4) is 0 Å². The molecule has 1 aliphatic heterocycles. The zero-order chi connectivity index (χ0) is 14.1. The normalized spacial score (nSPS) is 13.1. The maximum Gasteiger partial charge on any atom is 0.167 e. The Bertz CT molecular complexity index is 765. The molecule has 4 heteroatoms. The van der Waals surface area contributed by atoms with Gasteiger partial charge in [-0.2, -0.15) is 0 Å².